The smallest absolute Gasteiger partial charge is 0.159 e. The van der Waals surface area contributed by atoms with E-state index in [4.69, 9.17) is 11.6 Å². The third-order valence-corrected chi connectivity index (χ3v) is 5.88. The zero-order valence-corrected chi connectivity index (χ0v) is 22.1. The lowest BCUT2D eigenvalue weighted by molar-refractivity contribution is 0.294. The number of benzene rings is 2. The van der Waals surface area contributed by atoms with Crippen molar-refractivity contribution in [1.82, 2.24) is 10.2 Å². The molecule has 2 nitrogen and oxygen atoms in total. The lowest BCUT2D eigenvalue weighted by atomic mass is 10.2. The molecule has 0 saturated heterocycles. The van der Waals surface area contributed by atoms with Crippen LogP contribution in [0.15, 0.2) is 33.2 Å². The van der Waals surface area contributed by atoms with Crippen LogP contribution < -0.4 is 5.32 Å². The van der Waals surface area contributed by atoms with E-state index in [0.29, 0.717) is 21.1 Å². The molecule has 0 spiro atoms. The monoisotopic (exact) mass is 590 g/mol. The molecule has 0 saturated carbocycles. The van der Waals surface area contributed by atoms with Gasteiger partial charge in [-0.1, -0.05) is 59.6 Å². The molecule has 0 fully saturated rings. The van der Waals surface area contributed by atoms with Gasteiger partial charge in [0.2, 0.25) is 0 Å². The minimum atomic E-state index is -0.871. The number of nitrogens with zero attached hydrogens (tertiary/aromatic N) is 1. The Labute approximate surface area is 204 Å². The molecule has 0 amide bonds. The molecular weight excluding hydrogens is 564 g/mol. The van der Waals surface area contributed by atoms with Gasteiger partial charge in [0.05, 0.1) is 0 Å². The lowest BCUT2D eigenvalue weighted by Gasteiger charge is -2.18. The molecule has 31 heavy (non-hydrogen) atoms. The second-order valence-corrected chi connectivity index (χ2v) is 8.24. The Hall–Kier alpha value is -0.670. The fraction of sp³-hybridized carbons (Fsp3) is 0.455. The summed E-state index contributed by atoms with van der Waals surface area (Å²) in [6, 6.07) is 4.56. The van der Waals surface area contributed by atoms with Crippen molar-refractivity contribution in [3.05, 3.63) is 67.6 Å². The molecule has 2 aromatic carbocycles. The minimum absolute atomic E-state index is 0.164. The third kappa shape index (κ3) is 11.7. The van der Waals surface area contributed by atoms with E-state index in [1.54, 1.807) is 0 Å². The van der Waals surface area contributed by atoms with Crippen LogP contribution in [-0.2, 0) is 12.4 Å². The Morgan fingerprint density at radius 2 is 1.13 bits per heavy atom. The standard InChI is InChI=1S/C11H14BrF2N.C7H4BrClF2.C4H11N/c1-3-15(4-2)7-8-5-10(13)11(14)6-9(8)12;8-5-2-7(11)6(10)1-4(5)3-9;1-3-5-4-2/h5-6H,3-4,7H2,1-2H3;1-2H,3H2;5H,3-4H2,1-2H3. The molecule has 2 rings (SSSR count). The van der Waals surface area contributed by atoms with Crippen LogP contribution in [0.1, 0.15) is 38.8 Å². The SMILES string of the molecule is CCN(CC)Cc1cc(F)c(F)cc1Br.CCNCC.Fc1cc(Br)c(CCl)cc1F. The number of rotatable bonds is 7. The van der Waals surface area contributed by atoms with Crippen molar-refractivity contribution >= 4 is 43.5 Å². The van der Waals surface area contributed by atoms with Crippen LogP contribution in [0.3, 0.4) is 0 Å². The summed E-state index contributed by atoms with van der Waals surface area (Å²) >= 11 is 11.7. The Balaban J connectivity index is 0.000000492. The molecule has 0 aliphatic heterocycles. The summed E-state index contributed by atoms with van der Waals surface area (Å²) in [7, 11) is 0. The summed E-state index contributed by atoms with van der Waals surface area (Å²) in [4.78, 5) is 2.14. The molecule has 0 unspecified atom stereocenters. The molecule has 0 aromatic heterocycles. The molecular formula is C22H29Br2ClF4N2. The van der Waals surface area contributed by atoms with Crippen LogP contribution in [0, 0.1) is 23.3 Å². The van der Waals surface area contributed by atoms with E-state index in [1.165, 1.54) is 12.1 Å². The number of alkyl halides is 1. The first-order valence-electron chi connectivity index (χ1n) is 9.90. The molecule has 0 aliphatic rings. The fourth-order valence-electron chi connectivity index (χ4n) is 2.29. The highest BCUT2D eigenvalue weighted by atomic mass is 79.9. The quantitative estimate of drug-likeness (QED) is 0.202. The second kappa shape index (κ2) is 16.9. The van der Waals surface area contributed by atoms with Crippen LogP contribution in [0.25, 0.3) is 0 Å². The molecule has 0 radical (unpaired) electrons. The molecule has 0 heterocycles. The molecule has 9 heteroatoms. The second-order valence-electron chi connectivity index (χ2n) is 6.27. The maximum atomic E-state index is 13.0. The Kier molecular flexibility index (Phi) is 16.5. The molecule has 2 aromatic rings. The van der Waals surface area contributed by atoms with Gasteiger partial charge >= 0.3 is 0 Å². The van der Waals surface area contributed by atoms with Gasteiger partial charge in [-0.05, 0) is 61.6 Å². The van der Waals surface area contributed by atoms with Crippen molar-refractivity contribution in [2.45, 2.75) is 40.1 Å². The van der Waals surface area contributed by atoms with Crippen molar-refractivity contribution < 1.29 is 17.6 Å². The number of nitrogens with one attached hydrogen (secondary N) is 1. The lowest BCUT2D eigenvalue weighted by Crippen LogP contribution is -2.22. The highest BCUT2D eigenvalue weighted by Gasteiger charge is 2.10. The van der Waals surface area contributed by atoms with Crippen LogP contribution in [0.2, 0.25) is 0 Å². The number of halogens is 7. The first-order chi connectivity index (χ1) is 14.6. The van der Waals surface area contributed by atoms with E-state index >= 15 is 0 Å². The van der Waals surface area contributed by atoms with E-state index in [1.807, 2.05) is 13.8 Å². The topological polar surface area (TPSA) is 15.3 Å². The highest BCUT2D eigenvalue weighted by Crippen LogP contribution is 2.22. The first-order valence-corrected chi connectivity index (χ1v) is 12.0. The van der Waals surface area contributed by atoms with Gasteiger partial charge in [0.25, 0.3) is 0 Å². The summed E-state index contributed by atoms with van der Waals surface area (Å²) in [6.07, 6.45) is 0. The summed E-state index contributed by atoms with van der Waals surface area (Å²) in [5.41, 5.74) is 1.32. The van der Waals surface area contributed by atoms with Crippen LogP contribution >= 0.6 is 43.5 Å². The Morgan fingerprint density at radius 3 is 1.48 bits per heavy atom. The first kappa shape index (κ1) is 30.3. The Bertz CT molecular complexity index is 789. The summed E-state index contributed by atoms with van der Waals surface area (Å²) < 4.78 is 51.9. The molecule has 0 atom stereocenters. The predicted octanol–water partition coefficient (Wildman–Crippen LogP) is 7.65. The van der Waals surface area contributed by atoms with Gasteiger partial charge in [0.15, 0.2) is 23.3 Å². The maximum absolute atomic E-state index is 13.0. The molecule has 0 aliphatic carbocycles. The maximum Gasteiger partial charge on any atom is 0.159 e. The van der Waals surface area contributed by atoms with Gasteiger partial charge in [-0.2, -0.15) is 0 Å². The zero-order valence-electron chi connectivity index (χ0n) is 18.1. The minimum Gasteiger partial charge on any atom is -0.317 e. The van der Waals surface area contributed by atoms with Crippen molar-refractivity contribution in [2.24, 2.45) is 0 Å². The molecule has 0 bridgehead atoms. The van der Waals surface area contributed by atoms with E-state index in [-0.39, 0.29) is 5.88 Å². The third-order valence-electron chi connectivity index (χ3n) is 4.11. The van der Waals surface area contributed by atoms with E-state index in [0.717, 1.165) is 43.9 Å². The summed E-state index contributed by atoms with van der Waals surface area (Å²) in [5, 5.41) is 3.11. The summed E-state index contributed by atoms with van der Waals surface area (Å²) in [5.74, 6) is -3.18. The van der Waals surface area contributed by atoms with Crippen LogP contribution in [-0.4, -0.2) is 31.1 Å². The van der Waals surface area contributed by atoms with Crippen LogP contribution in [0.4, 0.5) is 17.6 Å². The number of hydrogen-bond donors (Lipinski definition) is 1. The number of hydrogen-bond acceptors (Lipinski definition) is 2. The van der Waals surface area contributed by atoms with E-state index < -0.39 is 23.3 Å². The van der Waals surface area contributed by atoms with Gasteiger partial charge < -0.3 is 5.32 Å². The van der Waals surface area contributed by atoms with Crippen molar-refractivity contribution in [3.8, 4) is 0 Å². The van der Waals surface area contributed by atoms with Gasteiger partial charge in [-0.25, -0.2) is 17.6 Å². The average Bonchev–Trinajstić information content (AvgIpc) is 2.74. The van der Waals surface area contributed by atoms with Gasteiger partial charge in [0.1, 0.15) is 0 Å². The molecule has 176 valence electrons. The predicted molar refractivity (Wildman–Crippen MR) is 129 cm³/mol. The van der Waals surface area contributed by atoms with E-state index in [2.05, 4.69) is 55.9 Å². The van der Waals surface area contributed by atoms with E-state index in [9.17, 15) is 17.6 Å². The normalized spacial score (nSPS) is 10.3. The highest BCUT2D eigenvalue weighted by molar-refractivity contribution is 9.10. The fourth-order valence-corrected chi connectivity index (χ4v) is 3.57. The Morgan fingerprint density at radius 1 is 0.742 bits per heavy atom. The van der Waals surface area contributed by atoms with Crippen molar-refractivity contribution in [1.29, 1.82) is 0 Å². The zero-order chi connectivity index (χ0) is 24.0. The van der Waals surface area contributed by atoms with Crippen LogP contribution in [0.5, 0.6) is 0 Å². The van der Waals surface area contributed by atoms with Gasteiger partial charge in [-0.15, -0.1) is 11.6 Å². The average molecular weight is 593 g/mol. The van der Waals surface area contributed by atoms with Crippen molar-refractivity contribution in [3.63, 3.8) is 0 Å². The largest absolute Gasteiger partial charge is 0.317 e. The van der Waals surface area contributed by atoms with Gasteiger partial charge in [-0.3, -0.25) is 4.90 Å². The molecule has 1 N–H and O–H groups in total. The van der Waals surface area contributed by atoms with Crippen molar-refractivity contribution in [2.75, 3.05) is 26.2 Å². The summed E-state index contributed by atoms with van der Waals surface area (Å²) in [6.45, 7) is 12.9. The van der Waals surface area contributed by atoms with Gasteiger partial charge in [0, 0.05) is 21.4 Å².